The molecule has 1 aliphatic rings. The van der Waals surface area contributed by atoms with E-state index >= 15 is 0 Å². The zero-order valence-corrected chi connectivity index (χ0v) is 15.9. The Hall–Kier alpha value is -2.03. The predicted octanol–water partition coefficient (Wildman–Crippen LogP) is 2.61. The molecule has 0 spiro atoms. The van der Waals surface area contributed by atoms with Crippen LogP contribution in [0.25, 0.3) is 12.2 Å². The van der Waals surface area contributed by atoms with Gasteiger partial charge in [0.15, 0.2) is 5.82 Å². The van der Waals surface area contributed by atoms with E-state index in [2.05, 4.69) is 10.1 Å². The molecule has 0 radical (unpaired) electrons. The molecule has 1 aliphatic carbocycles. The standard InChI is InChI=1S/C18H24N4O3S/c1-3-22(4-2)26(23,24)15-9-6-14(7-10-15)8-11-16-20-17(21-25-16)18(19)12-5-13-18/h6-11H,3-5,12-13,19H2,1-2H3/b11-8+. The molecule has 0 saturated heterocycles. The van der Waals surface area contributed by atoms with Gasteiger partial charge in [0.1, 0.15) is 0 Å². The number of hydrogen-bond donors (Lipinski definition) is 1. The van der Waals surface area contributed by atoms with Crippen LogP contribution in [0.4, 0.5) is 0 Å². The SMILES string of the molecule is CCN(CC)S(=O)(=O)c1ccc(/C=C/c2nc(C3(N)CCC3)no2)cc1. The highest BCUT2D eigenvalue weighted by molar-refractivity contribution is 7.89. The number of nitrogens with two attached hydrogens (primary N) is 1. The molecule has 1 heterocycles. The quantitative estimate of drug-likeness (QED) is 0.797. The second kappa shape index (κ2) is 7.30. The van der Waals surface area contributed by atoms with Crippen LogP contribution in [-0.2, 0) is 15.6 Å². The number of hydrogen-bond acceptors (Lipinski definition) is 6. The zero-order chi connectivity index (χ0) is 18.8. The van der Waals surface area contributed by atoms with Gasteiger partial charge in [-0.05, 0) is 43.0 Å². The van der Waals surface area contributed by atoms with Crippen molar-refractivity contribution in [3.63, 3.8) is 0 Å². The second-order valence-corrected chi connectivity index (χ2v) is 8.40. The highest BCUT2D eigenvalue weighted by Gasteiger charge is 2.38. The molecule has 140 valence electrons. The summed E-state index contributed by atoms with van der Waals surface area (Å²) in [5.74, 6) is 0.931. The lowest BCUT2D eigenvalue weighted by atomic mass is 9.77. The Labute approximate surface area is 153 Å². The molecular formula is C18H24N4O3S. The number of aromatic nitrogens is 2. The lowest BCUT2D eigenvalue weighted by Crippen LogP contribution is -2.44. The minimum Gasteiger partial charge on any atom is -0.335 e. The van der Waals surface area contributed by atoms with Crippen molar-refractivity contribution in [1.82, 2.24) is 14.4 Å². The Morgan fingerprint density at radius 1 is 1.19 bits per heavy atom. The van der Waals surface area contributed by atoms with Gasteiger partial charge < -0.3 is 10.3 Å². The van der Waals surface area contributed by atoms with Gasteiger partial charge >= 0.3 is 0 Å². The molecule has 1 aromatic heterocycles. The average molecular weight is 376 g/mol. The number of sulfonamides is 1. The summed E-state index contributed by atoms with van der Waals surface area (Å²) < 4.78 is 31.6. The summed E-state index contributed by atoms with van der Waals surface area (Å²) in [6.07, 6.45) is 6.33. The van der Waals surface area contributed by atoms with Crippen LogP contribution in [-0.4, -0.2) is 36.0 Å². The summed E-state index contributed by atoms with van der Waals surface area (Å²) in [6, 6.07) is 6.71. The molecule has 0 bridgehead atoms. The molecular weight excluding hydrogens is 352 g/mol. The van der Waals surface area contributed by atoms with E-state index in [1.54, 1.807) is 36.4 Å². The van der Waals surface area contributed by atoms with Gasteiger partial charge in [-0.1, -0.05) is 31.1 Å². The maximum Gasteiger partial charge on any atom is 0.250 e. The Morgan fingerprint density at radius 3 is 2.38 bits per heavy atom. The average Bonchev–Trinajstić information content (AvgIpc) is 3.08. The van der Waals surface area contributed by atoms with Gasteiger partial charge in [-0.15, -0.1) is 0 Å². The van der Waals surface area contributed by atoms with E-state index in [1.807, 2.05) is 13.8 Å². The van der Waals surface area contributed by atoms with E-state index < -0.39 is 15.6 Å². The van der Waals surface area contributed by atoms with E-state index in [4.69, 9.17) is 10.3 Å². The van der Waals surface area contributed by atoms with Crippen LogP contribution in [0.2, 0.25) is 0 Å². The van der Waals surface area contributed by atoms with Crippen molar-refractivity contribution in [3.05, 3.63) is 41.5 Å². The van der Waals surface area contributed by atoms with E-state index in [0.29, 0.717) is 24.8 Å². The summed E-state index contributed by atoms with van der Waals surface area (Å²) >= 11 is 0. The molecule has 1 saturated carbocycles. The summed E-state index contributed by atoms with van der Waals surface area (Å²) in [5.41, 5.74) is 6.57. The summed E-state index contributed by atoms with van der Waals surface area (Å²) in [5, 5.41) is 3.96. The number of benzene rings is 1. The van der Waals surface area contributed by atoms with Gasteiger partial charge in [-0.3, -0.25) is 0 Å². The minimum atomic E-state index is -3.44. The van der Waals surface area contributed by atoms with E-state index in [1.165, 1.54) is 4.31 Å². The summed E-state index contributed by atoms with van der Waals surface area (Å²) in [6.45, 7) is 4.54. The molecule has 0 atom stereocenters. The molecule has 1 aromatic carbocycles. The third kappa shape index (κ3) is 3.58. The van der Waals surface area contributed by atoms with Gasteiger partial charge in [0.05, 0.1) is 10.4 Å². The molecule has 3 rings (SSSR count). The van der Waals surface area contributed by atoms with Gasteiger partial charge in [-0.2, -0.15) is 9.29 Å². The molecule has 26 heavy (non-hydrogen) atoms. The van der Waals surface area contributed by atoms with E-state index in [9.17, 15) is 8.42 Å². The van der Waals surface area contributed by atoms with Crippen LogP contribution in [0.15, 0.2) is 33.7 Å². The van der Waals surface area contributed by atoms with Crippen LogP contribution in [0, 0.1) is 0 Å². The smallest absolute Gasteiger partial charge is 0.250 e. The first-order valence-corrected chi connectivity index (χ1v) is 10.2. The third-order valence-electron chi connectivity index (χ3n) is 4.77. The highest BCUT2D eigenvalue weighted by atomic mass is 32.2. The second-order valence-electron chi connectivity index (χ2n) is 6.46. The van der Waals surface area contributed by atoms with Gasteiger partial charge in [0.25, 0.3) is 5.89 Å². The Balaban J connectivity index is 1.72. The van der Waals surface area contributed by atoms with Crippen LogP contribution in [0.5, 0.6) is 0 Å². The van der Waals surface area contributed by atoms with Gasteiger partial charge in [0, 0.05) is 19.2 Å². The molecule has 8 heteroatoms. The first-order chi connectivity index (χ1) is 12.4. The molecule has 0 amide bonds. The van der Waals surface area contributed by atoms with Crippen molar-refractivity contribution < 1.29 is 12.9 Å². The molecule has 0 aliphatic heterocycles. The maximum absolute atomic E-state index is 12.5. The van der Waals surface area contributed by atoms with Crippen LogP contribution < -0.4 is 5.73 Å². The molecule has 2 aromatic rings. The first kappa shape index (κ1) is 18.8. The maximum atomic E-state index is 12.5. The zero-order valence-electron chi connectivity index (χ0n) is 15.1. The van der Waals surface area contributed by atoms with E-state index in [0.717, 1.165) is 24.8 Å². The molecule has 2 N–H and O–H groups in total. The Bertz CT molecular complexity index is 879. The van der Waals surface area contributed by atoms with Crippen LogP contribution >= 0.6 is 0 Å². The van der Waals surface area contributed by atoms with Crippen molar-refractivity contribution in [1.29, 1.82) is 0 Å². The molecule has 0 unspecified atom stereocenters. The number of nitrogens with zero attached hydrogens (tertiary/aromatic N) is 3. The largest absolute Gasteiger partial charge is 0.335 e. The van der Waals surface area contributed by atoms with Crippen molar-refractivity contribution in [3.8, 4) is 0 Å². The third-order valence-corrected chi connectivity index (χ3v) is 6.84. The monoisotopic (exact) mass is 376 g/mol. The lowest BCUT2D eigenvalue weighted by molar-refractivity contribution is 0.229. The van der Waals surface area contributed by atoms with Crippen molar-refractivity contribution >= 4 is 22.2 Å². The highest BCUT2D eigenvalue weighted by Crippen LogP contribution is 2.36. The predicted molar refractivity (Wildman–Crippen MR) is 99.5 cm³/mol. The fourth-order valence-corrected chi connectivity index (χ4v) is 4.38. The fraction of sp³-hybridized carbons (Fsp3) is 0.444. The lowest BCUT2D eigenvalue weighted by Gasteiger charge is -2.34. The first-order valence-electron chi connectivity index (χ1n) is 8.80. The van der Waals surface area contributed by atoms with Crippen LogP contribution in [0.3, 0.4) is 0 Å². The molecule has 1 fully saturated rings. The Kier molecular flexibility index (Phi) is 5.27. The van der Waals surface area contributed by atoms with Crippen molar-refractivity contribution in [2.24, 2.45) is 5.73 Å². The van der Waals surface area contributed by atoms with Crippen molar-refractivity contribution in [2.45, 2.75) is 43.5 Å². The van der Waals surface area contributed by atoms with Gasteiger partial charge in [-0.25, -0.2) is 8.42 Å². The topological polar surface area (TPSA) is 102 Å². The summed E-state index contributed by atoms with van der Waals surface area (Å²) in [7, 11) is -3.44. The summed E-state index contributed by atoms with van der Waals surface area (Å²) in [4.78, 5) is 4.61. The van der Waals surface area contributed by atoms with E-state index in [-0.39, 0.29) is 4.90 Å². The minimum absolute atomic E-state index is 0.286. The van der Waals surface area contributed by atoms with Crippen molar-refractivity contribution in [2.75, 3.05) is 13.1 Å². The van der Waals surface area contributed by atoms with Gasteiger partial charge in [0.2, 0.25) is 10.0 Å². The molecule has 7 nitrogen and oxygen atoms in total. The van der Waals surface area contributed by atoms with Crippen LogP contribution in [0.1, 0.15) is 50.4 Å². The Morgan fingerprint density at radius 2 is 1.85 bits per heavy atom. The normalized spacial score (nSPS) is 16.9. The fourth-order valence-electron chi connectivity index (χ4n) is 2.92. The number of rotatable bonds is 7.